The lowest BCUT2D eigenvalue weighted by Crippen LogP contribution is -2.35. The molecule has 1 aliphatic rings. The average molecular weight is 293 g/mol. The molecule has 2 aromatic rings. The van der Waals surface area contributed by atoms with Crippen LogP contribution in [0.4, 0.5) is 0 Å². The van der Waals surface area contributed by atoms with Crippen molar-refractivity contribution in [2.75, 3.05) is 13.1 Å². The highest BCUT2D eigenvalue weighted by Crippen LogP contribution is 2.43. The molecule has 0 amide bonds. The van der Waals surface area contributed by atoms with Crippen LogP contribution in [0.25, 0.3) is 0 Å². The number of rotatable bonds is 4. The van der Waals surface area contributed by atoms with Crippen LogP contribution >= 0.6 is 0 Å². The second kappa shape index (κ2) is 6.26. The maximum atomic E-state index is 2.67. The van der Waals surface area contributed by atoms with E-state index >= 15 is 0 Å². The summed E-state index contributed by atoms with van der Waals surface area (Å²) in [4.78, 5) is 2.67. The quantitative estimate of drug-likeness (QED) is 0.788. The third-order valence-electron chi connectivity index (χ3n) is 4.99. The lowest BCUT2D eigenvalue weighted by atomic mass is 9.73. The molecular formula is C21H27N. The Balaban J connectivity index is 2.03. The molecule has 0 N–H and O–H groups in total. The van der Waals surface area contributed by atoms with Gasteiger partial charge in [-0.2, -0.15) is 0 Å². The summed E-state index contributed by atoms with van der Waals surface area (Å²) in [6.45, 7) is 9.33. The molecule has 3 rings (SSSR count). The smallest absolute Gasteiger partial charge is 0.0344 e. The average Bonchev–Trinajstić information content (AvgIpc) is 2.86. The lowest BCUT2D eigenvalue weighted by molar-refractivity contribution is 0.234. The summed E-state index contributed by atoms with van der Waals surface area (Å²) in [5, 5.41) is 0. The zero-order chi connectivity index (χ0) is 15.6. The fraction of sp³-hybridized carbons (Fsp3) is 0.429. The molecule has 0 aromatic heterocycles. The van der Waals surface area contributed by atoms with Crippen LogP contribution in [0.2, 0.25) is 0 Å². The zero-order valence-corrected chi connectivity index (χ0v) is 14.0. The molecule has 1 fully saturated rings. The Labute approximate surface area is 135 Å². The molecule has 0 saturated carbocycles. The van der Waals surface area contributed by atoms with Gasteiger partial charge < -0.3 is 0 Å². The first-order chi connectivity index (χ1) is 10.6. The van der Waals surface area contributed by atoms with Gasteiger partial charge in [-0.3, -0.25) is 4.90 Å². The topological polar surface area (TPSA) is 3.24 Å². The van der Waals surface area contributed by atoms with Crippen molar-refractivity contribution >= 4 is 0 Å². The Morgan fingerprint density at radius 3 is 1.91 bits per heavy atom. The number of benzene rings is 2. The number of nitrogens with zero attached hydrogens (tertiary/aromatic N) is 1. The maximum absolute atomic E-state index is 2.67. The molecule has 0 aliphatic carbocycles. The van der Waals surface area contributed by atoms with Crippen LogP contribution < -0.4 is 0 Å². The van der Waals surface area contributed by atoms with Crippen molar-refractivity contribution in [2.24, 2.45) is 5.92 Å². The predicted molar refractivity (Wildman–Crippen MR) is 94.2 cm³/mol. The van der Waals surface area contributed by atoms with E-state index < -0.39 is 0 Å². The minimum absolute atomic E-state index is 0.136. The van der Waals surface area contributed by atoms with Gasteiger partial charge >= 0.3 is 0 Å². The van der Waals surface area contributed by atoms with Crippen LogP contribution in [-0.2, 0) is 5.41 Å². The Morgan fingerprint density at radius 1 is 0.955 bits per heavy atom. The first-order valence-corrected chi connectivity index (χ1v) is 8.47. The van der Waals surface area contributed by atoms with Gasteiger partial charge in [-0.05, 0) is 30.4 Å². The lowest BCUT2D eigenvalue weighted by Gasteiger charge is -2.31. The van der Waals surface area contributed by atoms with E-state index in [4.69, 9.17) is 0 Å². The summed E-state index contributed by atoms with van der Waals surface area (Å²) in [5.74, 6) is 0.713. The van der Waals surface area contributed by atoms with Gasteiger partial charge in [-0.25, -0.2) is 0 Å². The molecule has 22 heavy (non-hydrogen) atoms. The van der Waals surface area contributed by atoms with Crippen LogP contribution in [-0.4, -0.2) is 24.0 Å². The van der Waals surface area contributed by atoms with E-state index in [2.05, 4.69) is 86.3 Å². The number of hydrogen-bond donors (Lipinski definition) is 0. The van der Waals surface area contributed by atoms with Crippen molar-refractivity contribution in [1.29, 1.82) is 0 Å². The Hall–Kier alpha value is -1.60. The standard InChI is InChI=1S/C21H27N/c1-17(2)15-22-16-21(14-18(22)3,19-10-6-4-7-11-19)20-12-8-5-9-13-20/h4-13,17-18H,14-16H2,1-3H3. The fourth-order valence-electron chi connectivity index (χ4n) is 4.01. The van der Waals surface area contributed by atoms with Crippen LogP contribution in [0.15, 0.2) is 60.7 Å². The van der Waals surface area contributed by atoms with E-state index in [-0.39, 0.29) is 5.41 Å². The second-order valence-electron chi connectivity index (χ2n) is 7.19. The van der Waals surface area contributed by atoms with Gasteiger partial charge in [0, 0.05) is 24.5 Å². The molecule has 1 saturated heterocycles. The van der Waals surface area contributed by atoms with Crippen molar-refractivity contribution in [2.45, 2.75) is 38.6 Å². The Kier molecular flexibility index (Phi) is 4.35. The summed E-state index contributed by atoms with van der Waals surface area (Å²) in [6, 6.07) is 22.8. The molecule has 116 valence electrons. The maximum Gasteiger partial charge on any atom is 0.0344 e. The summed E-state index contributed by atoms with van der Waals surface area (Å²) >= 11 is 0. The molecule has 0 radical (unpaired) electrons. The molecule has 1 heterocycles. The van der Waals surface area contributed by atoms with Crippen molar-refractivity contribution in [3.8, 4) is 0 Å². The van der Waals surface area contributed by atoms with Gasteiger partial charge in [0.05, 0.1) is 0 Å². The minimum atomic E-state index is 0.136. The van der Waals surface area contributed by atoms with E-state index in [1.807, 2.05) is 0 Å². The fourth-order valence-corrected chi connectivity index (χ4v) is 4.01. The monoisotopic (exact) mass is 293 g/mol. The highest BCUT2D eigenvalue weighted by atomic mass is 15.2. The van der Waals surface area contributed by atoms with Crippen LogP contribution in [0.3, 0.4) is 0 Å². The van der Waals surface area contributed by atoms with Crippen LogP contribution in [0.1, 0.15) is 38.3 Å². The molecule has 1 atom stereocenters. The normalized spacial score (nSPS) is 21.4. The second-order valence-corrected chi connectivity index (χ2v) is 7.19. The number of hydrogen-bond acceptors (Lipinski definition) is 1. The van der Waals surface area contributed by atoms with Gasteiger partial charge in [0.25, 0.3) is 0 Å². The minimum Gasteiger partial charge on any atom is -0.299 e. The van der Waals surface area contributed by atoms with Gasteiger partial charge in [-0.15, -0.1) is 0 Å². The van der Waals surface area contributed by atoms with E-state index in [0.717, 1.165) is 6.54 Å². The first kappa shape index (κ1) is 15.3. The van der Waals surface area contributed by atoms with E-state index in [1.165, 1.54) is 24.1 Å². The highest BCUT2D eigenvalue weighted by molar-refractivity contribution is 5.41. The van der Waals surface area contributed by atoms with Gasteiger partial charge in [0.2, 0.25) is 0 Å². The largest absolute Gasteiger partial charge is 0.299 e. The van der Waals surface area contributed by atoms with Crippen molar-refractivity contribution in [3.05, 3.63) is 71.8 Å². The molecule has 0 spiro atoms. The van der Waals surface area contributed by atoms with Crippen molar-refractivity contribution in [3.63, 3.8) is 0 Å². The van der Waals surface area contributed by atoms with E-state index in [0.29, 0.717) is 12.0 Å². The van der Waals surface area contributed by atoms with E-state index in [9.17, 15) is 0 Å². The van der Waals surface area contributed by atoms with Gasteiger partial charge in [0.15, 0.2) is 0 Å². The van der Waals surface area contributed by atoms with Crippen LogP contribution in [0, 0.1) is 5.92 Å². The summed E-state index contributed by atoms with van der Waals surface area (Å²) in [6.07, 6.45) is 1.20. The molecule has 1 unspecified atom stereocenters. The van der Waals surface area contributed by atoms with E-state index in [1.54, 1.807) is 0 Å². The molecular weight excluding hydrogens is 266 g/mol. The molecule has 1 aliphatic heterocycles. The summed E-state index contributed by atoms with van der Waals surface area (Å²) in [5.41, 5.74) is 3.05. The first-order valence-electron chi connectivity index (χ1n) is 8.47. The SMILES string of the molecule is CC(C)CN1CC(c2ccccc2)(c2ccccc2)CC1C. The highest BCUT2D eigenvalue weighted by Gasteiger charge is 2.44. The third-order valence-corrected chi connectivity index (χ3v) is 4.99. The van der Waals surface area contributed by atoms with Gasteiger partial charge in [-0.1, -0.05) is 74.5 Å². The molecule has 1 heteroatoms. The molecule has 2 aromatic carbocycles. The van der Waals surface area contributed by atoms with Crippen molar-refractivity contribution < 1.29 is 0 Å². The van der Waals surface area contributed by atoms with Crippen molar-refractivity contribution in [1.82, 2.24) is 4.90 Å². The molecule has 1 nitrogen and oxygen atoms in total. The molecule has 0 bridgehead atoms. The van der Waals surface area contributed by atoms with Gasteiger partial charge in [0.1, 0.15) is 0 Å². The summed E-state index contributed by atoms with van der Waals surface area (Å²) in [7, 11) is 0. The summed E-state index contributed by atoms with van der Waals surface area (Å²) < 4.78 is 0. The Bertz CT molecular complexity index is 548. The predicted octanol–water partition coefficient (Wildman–Crippen LogP) is 4.72. The zero-order valence-electron chi connectivity index (χ0n) is 14.0. The number of likely N-dealkylation sites (tertiary alicyclic amines) is 1. The van der Waals surface area contributed by atoms with Crippen LogP contribution in [0.5, 0.6) is 0 Å². The third kappa shape index (κ3) is 2.83. The Morgan fingerprint density at radius 2 is 1.45 bits per heavy atom.